The molecule has 0 aliphatic carbocycles. The van der Waals surface area contributed by atoms with Gasteiger partial charge in [0, 0.05) is 24.2 Å². The molecule has 0 aliphatic rings. The summed E-state index contributed by atoms with van der Waals surface area (Å²) in [5.74, 6) is 1.56. The molecule has 0 radical (unpaired) electrons. The molecule has 1 N–H and O–H groups in total. The summed E-state index contributed by atoms with van der Waals surface area (Å²) in [5, 5.41) is 11.2. The van der Waals surface area contributed by atoms with Crippen LogP contribution in [0.5, 0.6) is 0 Å². The lowest BCUT2D eigenvalue weighted by molar-refractivity contribution is -0.122. The molecular weight excluding hydrogens is 356 g/mol. The molecule has 1 atom stereocenters. The van der Waals surface area contributed by atoms with E-state index in [0.29, 0.717) is 23.9 Å². The maximum absolute atomic E-state index is 12.4. The lowest BCUT2D eigenvalue weighted by Gasteiger charge is -2.13. The number of carbonyl (C=O) groups excluding carboxylic acids is 1. The van der Waals surface area contributed by atoms with E-state index in [9.17, 15) is 4.79 Å². The number of furan rings is 1. The zero-order valence-electron chi connectivity index (χ0n) is 15.4. The van der Waals surface area contributed by atoms with E-state index in [4.69, 9.17) is 8.83 Å². The van der Waals surface area contributed by atoms with Crippen molar-refractivity contribution in [3.63, 3.8) is 0 Å². The van der Waals surface area contributed by atoms with E-state index >= 15 is 0 Å². The largest absolute Gasteiger partial charge is 0.469 e. The maximum Gasteiger partial charge on any atom is 0.264 e. The predicted molar refractivity (Wildman–Crippen MR) is 103 cm³/mol. The Labute approximate surface area is 162 Å². The van der Waals surface area contributed by atoms with Gasteiger partial charge in [-0.05, 0) is 43.3 Å². The molecule has 1 aromatic carbocycles. The second-order valence-electron chi connectivity index (χ2n) is 6.55. The first-order valence-electron chi connectivity index (χ1n) is 9.05. The summed E-state index contributed by atoms with van der Waals surface area (Å²) in [6.45, 7) is 2.11. The number of nitrogens with one attached hydrogen (secondary N) is 1. The molecule has 1 amide bonds. The van der Waals surface area contributed by atoms with Gasteiger partial charge in [-0.25, -0.2) is 0 Å². The number of hydrogen-bond donors (Lipinski definition) is 1. The number of hydrogen-bond acceptors (Lipinski definition) is 5. The van der Waals surface area contributed by atoms with Crippen LogP contribution in [0.4, 0.5) is 0 Å². The van der Waals surface area contributed by atoms with Gasteiger partial charge < -0.3 is 18.7 Å². The molecule has 0 saturated heterocycles. The number of carbonyl (C=O) groups is 1. The first kappa shape index (κ1) is 17.8. The van der Waals surface area contributed by atoms with Gasteiger partial charge in [0.2, 0.25) is 11.8 Å². The summed E-state index contributed by atoms with van der Waals surface area (Å²) < 4.78 is 12.9. The third-order valence-electron chi connectivity index (χ3n) is 4.30. The molecule has 3 heterocycles. The molecule has 0 spiro atoms. The monoisotopic (exact) mass is 376 g/mol. The fraction of sp³-hybridized carbons (Fsp3) is 0.190. The highest BCUT2D eigenvalue weighted by atomic mass is 16.4. The zero-order valence-corrected chi connectivity index (χ0v) is 15.4. The zero-order chi connectivity index (χ0) is 19.3. The summed E-state index contributed by atoms with van der Waals surface area (Å²) in [4.78, 5) is 12.4. The number of aromatic nitrogens is 3. The fourth-order valence-electron chi connectivity index (χ4n) is 3.03. The third kappa shape index (κ3) is 4.03. The average molecular weight is 376 g/mol. The highest BCUT2D eigenvalue weighted by Crippen LogP contribution is 2.24. The molecule has 28 heavy (non-hydrogen) atoms. The van der Waals surface area contributed by atoms with Crippen molar-refractivity contribution in [1.29, 1.82) is 0 Å². The van der Waals surface area contributed by atoms with Gasteiger partial charge in [0.25, 0.3) is 5.89 Å². The summed E-state index contributed by atoms with van der Waals surface area (Å²) in [5.41, 5.74) is 1.55. The highest BCUT2D eigenvalue weighted by Gasteiger charge is 2.16. The molecule has 7 nitrogen and oxygen atoms in total. The van der Waals surface area contributed by atoms with Gasteiger partial charge in [0.15, 0.2) is 0 Å². The summed E-state index contributed by atoms with van der Waals surface area (Å²) >= 11 is 0. The van der Waals surface area contributed by atoms with Crippen LogP contribution in [-0.4, -0.2) is 26.7 Å². The van der Waals surface area contributed by atoms with Crippen LogP contribution in [-0.2, 0) is 17.8 Å². The first-order chi connectivity index (χ1) is 13.7. The van der Waals surface area contributed by atoms with E-state index in [1.807, 2.05) is 67.7 Å². The van der Waals surface area contributed by atoms with Crippen LogP contribution in [0.15, 0.2) is 75.9 Å². The van der Waals surface area contributed by atoms with Crippen LogP contribution in [0, 0.1) is 0 Å². The van der Waals surface area contributed by atoms with E-state index in [1.54, 1.807) is 10.8 Å². The van der Waals surface area contributed by atoms with Gasteiger partial charge in [0.1, 0.15) is 18.0 Å². The minimum absolute atomic E-state index is 0.0363. The van der Waals surface area contributed by atoms with E-state index in [1.165, 1.54) is 0 Å². The topological polar surface area (TPSA) is 86.1 Å². The molecular formula is C21H20N4O3. The predicted octanol–water partition coefficient (Wildman–Crippen LogP) is 3.55. The van der Waals surface area contributed by atoms with E-state index < -0.39 is 0 Å². The van der Waals surface area contributed by atoms with Gasteiger partial charge in [-0.2, -0.15) is 0 Å². The molecule has 0 fully saturated rings. The van der Waals surface area contributed by atoms with Crippen LogP contribution >= 0.6 is 0 Å². The number of rotatable bonds is 7. The lowest BCUT2D eigenvalue weighted by atomic mass is 10.2. The highest BCUT2D eigenvalue weighted by molar-refractivity contribution is 5.76. The van der Waals surface area contributed by atoms with Crippen molar-refractivity contribution in [2.45, 2.75) is 25.9 Å². The van der Waals surface area contributed by atoms with Crippen LogP contribution in [0.3, 0.4) is 0 Å². The number of nitrogens with zero attached hydrogens (tertiary/aromatic N) is 3. The SMILES string of the molecule is C[C@H](Cc1ccco1)NC(=O)Cn1cccc1-c1nnc(-c2ccccc2)o1. The van der Waals surface area contributed by atoms with Gasteiger partial charge in [-0.3, -0.25) is 4.79 Å². The Balaban J connectivity index is 1.43. The van der Waals surface area contributed by atoms with Crippen molar-refractivity contribution in [3.05, 3.63) is 72.8 Å². The smallest absolute Gasteiger partial charge is 0.264 e. The Morgan fingerprint density at radius 3 is 2.68 bits per heavy atom. The Morgan fingerprint density at radius 2 is 1.89 bits per heavy atom. The molecule has 3 aromatic heterocycles. The molecule has 0 saturated carbocycles. The van der Waals surface area contributed by atoms with Crippen LogP contribution in [0.1, 0.15) is 12.7 Å². The molecule has 4 aromatic rings. The maximum atomic E-state index is 12.4. The molecule has 7 heteroatoms. The quantitative estimate of drug-likeness (QED) is 0.533. The second-order valence-corrected chi connectivity index (χ2v) is 6.55. The van der Waals surface area contributed by atoms with Crippen molar-refractivity contribution in [2.75, 3.05) is 0 Å². The lowest BCUT2D eigenvalue weighted by Crippen LogP contribution is -2.36. The molecule has 0 aliphatic heterocycles. The third-order valence-corrected chi connectivity index (χ3v) is 4.30. The fourth-order valence-corrected chi connectivity index (χ4v) is 3.03. The standard InChI is InChI=1S/C21H20N4O3/c1-15(13-17-9-6-12-27-17)22-19(26)14-25-11-5-10-18(25)21-24-23-20(28-21)16-7-3-2-4-8-16/h2-12,15H,13-14H2,1H3,(H,22,26)/t15-/m1/s1. The van der Waals surface area contributed by atoms with Gasteiger partial charge >= 0.3 is 0 Å². The van der Waals surface area contributed by atoms with E-state index in [0.717, 1.165) is 11.3 Å². The van der Waals surface area contributed by atoms with Gasteiger partial charge in [-0.1, -0.05) is 18.2 Å². The molecule has 4 rings (SSSR count). The first-order valence-corrected chi connectivity index (χ1v) is 9.05. The average Bonchev–Trinajstić information content (AvgIpc) is 3.43. The minimum Gasteiger partial charge on any atom is -0.469 e. The van der Waals surface area contributed by atoms with Crippen molar-refractivity contribution in [1.82, 2.24) is 20.1 Å². The Bertz CT molecular complexity index is 1030. The summed E-state index contributed by atoms with van der Waals surface area (Å²) in [6.07, 6.45) is 4.09. The van der Waals surface area contributed by atoms with Crippen LogP contribution < -0.4 is 5.32 Å². The van der Waals surface area contributed by atoms with Crippen molar-refractivity contribution < 1.29 is 13.6 Å². The Morgan fingerprint density at radius 1 is 1.07 bits per heavy atom. The number of benzene rings is 1. The Kier molecular flexibility index (Phi) is 5.05. The van der Waals surface area contributed by atoms with Crippen LogP contribution in [0.25, 0.3) is 23.0 Å². The molecule has 0 unspecified atom stereocenters. The van der Waals surface area contributed by atoms with E-state index in [2.05, 4.69) is 15.5 Å². The number of amides is 1. The van der Waals surface area contributed by atoms with Crippen molar-refractivity contribution >= 4 is 5.91 Å². The Hall–Kier alpha value is -3.61. The van der Waals surface area contributed by atoms with Gasteiger partial charge in [0.05, 0.1) is 6.26 Å². The van der Waals surface area contributed by atoms with Gasteiger partial charge in [-0.15, -0.1) is 10.2 Å². The molecule has 0 bridgehead atoms. The van der Waals surface area contributed by atoms with Crippen molar-refractivity contribution in [2.24, 2.45) is 0 Å². The van der Waals surface area contributed by atoms with E-state index in [-0.39, 0.29) is 18.5 Å². The molecule has 142 valence electrons. The summed E-state index contributed by atoms with van der Waals surface area (Å²) in [6, 6.07) is 17.0. The minimum atomic E-state index is -0.0979. The normalized spacial score (nSPS) is 12.0. The van der Waals surface area contributed by atoms with Crippen LogP contribution in [0.2, 0.25) is 0 Å². The van der Waals surface area contributed by atoms with Crippen molar-refractivity contribution in [3.8, 4) is 23.0 Å². The second kappa shape index (κ2) is 7.96. The summed E-state index contributed by atoms with van der Waals surface area (Å²) in [7, 11) is 0.